The highest BCUT2D eigenvalue weighted by molar-refractivity contribution is 9.11. The lowest BCUT2D eigenvalue weighted by atomic mass is 10.0. The number of anilines is 2. The summed E-state index contributed by atoms with van der Waals surface area (Å²) in [5.41, 5.74) is -10.8. The largest absolute Gasteiger partial charge is 0.424 e. The number of nitrogens with zero attached hydrogens (tertiary/aromatic N) is 4. The lowest BCUT2D eigenvalue weighted by Crippen LogP contribution is -2.25. The Morgan fingerprint density at radius 1 is 0.824 bits per heavy atom. The summed E-state index contributed by atoms with van der Waals surface area (Å²) in [4.78, 5) is 30.3. The Morgan fingerprint density at radius 2 is 1.38 bits per heavy atom. The fraction of sp³-hybridized carbons (Fsp3) is 0.250. The molecule has 18 heteroatoms. The standard InChI is InChI=1S/C16H8Br2F6N4O6/c1-2-25(13-9(18)5-8(17)11(16(22,23)24)14(13)28(33)34)12-7(15(19,20)21)3-6(26(29)30)4-10(12)27(31)32/h3-5H,2H2,1H3. The molecule has 0 atom stereocenters. The first-order valence-electron chi connectivity index (χ1n) is 8.48. The van der Waals surface area contributed by atoms with Crippen LogP contribution in [0.2, 0.25) is 0 Å². The summed E-state index contributed by atoms with van der Waals surface area (Å²) in [6.07, 6.45) is -10.8. The third-order valence-corrected chi connectivity index (χ3v) is 5.52. The van der Waals surface area contributed by atoms with Crippen molar-refractivity contribution in [2.75, 3.05) is 11.4 Å². The molecule has 184 valence electrons. The van der Waals surface area contributed by atoms with Crippen LogP contribution in [0.1, 0.15) is 18.1 Å². The van der Waals surface area contributed by atoms with E-state index in [2.05, 4.69) is 31.9 Å². The number of hydrogen-bond acceptors (Lipinski definition) is 7. The molecular weight excluding hydrogens is 618 g/mol. The van der Waals surface area contributed by atoms with E-state index in [1.54, 1.807) is 0 Å². The monoisotopic (exact) mass is 624 g/mol. The lowest BCUT2D eigenvalue weighted by Gasteiger charge is -2.28. The van der Waals surface area contributed by atoms with Crippen molar-refractivity contribution < 1.29 is 41.1 Å². The van der Waals surface area contributed by atoms with Gasteiger partial charge in [0.15, 0.2) is 0 Å². The molecule has 0 aromatic heterocycles. The fourth-order valence-electron chi connectivity index (χ4n) is 3.08. The summed E-state index contributed by atoms with van der Waals surface area (Å²) < 4.78 is 81.1. The number of non-ortho nitro benzene ring substituents is 1. The van der Waals surface area contributed by atoms with E-state index in [4.69, 9.17) is 0 Å². The summed E-state index contributed by atoms with van der Waals surface area (Å²) >= 11 is 5.31. The van der Waals surface area contributed by atoms with Gasteiger partial charge in [0.05, 0.1) is 26.4 Å². The Hall–Kier alpha value is -3.02. The van der Waals surface area contributed by atoms with Crippen molar-refractivity contribution in [2.45, 2.75) is 19.3 Å². The van der Waals surface area contributed by atoms with Crippen molar-refractivity contribution in [3.8, 4) is 0 Å². The van der Waals surface area contributed by atoms with Crippen molar-refractivity contribution in [1.29, 1.82) is 0 Å². The van der Waals surface area contributed by atoms with Crippen molar-refractivity contribution in [3.63, 3.8) is 0 Å². The second kappa shape index (κ2) is 9.32. The number of halogens is 8. The van der Waals surface area contributed by atoms with Crippen LogP contribution in [0.25, 0.3) is 0 Å². The Bertz CT molecular complexity index is 1200. The molecule has 0 aliphatic rings. The second-order valence-corrected chi connectivity index (χ2v) is 7.99. The van der Waals surface area contributed by atoms with Crippen molar-refractivity contribution >= 4 is 60.3 Å². The van der Waals surface area contributed by atoms with Crippen molar-refractivity contribution in [3.05, 3.63) is 68.6 Å². The third kappa shape index (κ3) is 5.06. The first kappa shape index (κ1) is 27.2. The van der Waals surface area contributed by atoms with Gasteiger partial charge < -0.3 is 4.90 Å². The van der Waals surface area contributed by atoms with Gasteiger partial charge in [-0.05, 0) is 44.8 Å². The highest BCUT2D eigenvalue weighted by atomic mass is 79.9. The quantitative estimate of drug-likeness (QED) is 0.189. The number of benzene rings is 2. The second-order valence-electron chi connectivity index (χ2n) is 6.28. The summed E-state index contributed by atoms with van der Waals surface area (Å²) in [6, 6.07) is 0.809. The Morgan fingerprint density at radius 3 is 1.76 bits per heavy atom. The molecule has 0 N–H and O–H groups in total. The Kier molecular flexibility index (Phi) is 7.46. The topological polar surface area (TPSA) is 133 Å². The maximum atomic E-state index is 13.8. The zero-order valence-electron chi connectivity index (χ0n) is 16.2. The molecule has 0 bridgehead atoms. The smallest absolute Gasteiger partial charge is 0.329 e. The molecule has 2 aromatic carbocycles. The van der Waals surface area contributed by atoms with Gasteiger partial charge in [-0.25, -0.2) is 0 Å². The van der Waals surface area contributed by atoms with E-state index < -0.39 is 82.2 Å². The number of rotatable bonds is 6. The predicted molar refractivity (Wildman–Crippen MR) is 111 cm³/mol. The van der Waals surface area contributed by atoms with Crippen LogP contribution in [0, 0.1) is 30.3 Å². The van der Waals surface area contributed by atoms with Crippen LogP contribution in [-0.4, -0.2) is 21.3 Å². The van der Waals surface area contributed by atoms with Gasteiger partial charge in [-0.15, -0.1) is 0 Å². The molecule has 0 saturated carbocycles. The van der Waals surface area contributed by atoms with Crippen LogP contribution in [0.15, 0.2) is 27.1 Å². The summed E-state index contributed by atoms with van der Waals surface area (Å²) in [7, 11) is 0. The average Bonchev–Trinajstić information content (AvgIpc) is 2.66. The Balaban J connectivity index is 3.16. The van der Waals surface area contributed by atoms with Gasteiger partial charge >= 0.3 is 18.0 Å². The SMILES string of the molecule is CCN(c1c([N+](=O)[O-])cc([N+](=O)[O-])cc1C(F)(F)F)c1c(Br)cc(Br)c(C(F)(F)F)c1[N+](=O)[O-]. The van der Waals surface area contributed by atoms with Crippen molar-refractivity contribution in [1.82, 2.24) is 0 Å². The van der Waals surface area contributed by atoms with Gasteiger partial charge in [0.1, 0.15) is 16.9 Å². The van der Waals surface area contributed by atoms with E-state index in [0.717, 1.165) is 6.92 Å². The molecule has 0 fully saturated rings. The van der Waals surface area contributed by atoms with E-state index in [1.807, 2.05) is 0 Å². The van der Waals surface area contributed by atoms with E-state index in [1.165, 1.54) is 0 Å². The maximum absolute atomic E-state index is 13.8. The number of alkyl halides is 6. The Labute approximate surface area is 200 Å². The minimum absolute atomic E-state index is 0.0474. The molecule has 0 saturated heterocycles. The fourth-order valence-corrected chi connectivity index (χ4v) is 4.66. The van der Waals surface area contributed by atoms with Gasteiger partial charge in [0.25, 0.3) is 11.4 Å². The van der Waals surface area contributed by atoms with Gasteiger partial charge in [0, 0.05) is 21.6 Å². The van der Waals surface area contributed by atoms with E-state index in [9.17, 15) is 56.7 Å². The molecule has 0 radical (unpaired) electrons. The van der Waals surface area contributed by atoms with E-state index in [0.29, 0.717) is 6.07 Å². The van der Waals surface area contributed by atoms with Crippen LogP contribution < -0.4 is 4.90 Å². The maximum Gasteiger partial charge on any atom is 0.424 e. The van der Waals surface area contributed by atoms with Crippen LogP contribution >= 0.6 is 31.9 Å². The first-order chi connectivity index (χ1) is 15.4. The van der Waals surface area contributed by atoms with Crippen LogP contribution in [-0.2, 0) is 12.4 Å². The number of nitro benzene ring substituents is 3. The van der Waals surface area contributed by atoms with E-state index in [-0.39, 0.29) is 17.0 Å². The molecule has 2 aromatic rings. The summed E-state index contributed by atoms with van der Waals surface area (Å²) in [5, 5.41) is 34.3. The minimum Gasteiger partial charge on any atom is -0.329 e. The molecule has 34 heavy (non-hydrogen) atoms. The molecule has 2 rings (SSSR count). The third-order valence-electron chi connectivity index (χ3n) is 4.29. The molecule has 0 amide bonds. The lowest BCUT2D eigenvalue weighted by molar-refractivity contribution is -0.394. The molecule has 0 unspecified atom stereocenters. The zero-order chi connectivity index (χ0) is 26.3. The van der Waals surface area contributed by atoms with Gasteiger partial charge in [0.2, 0.25) is 0 Å². The molecule has 0 heterocycles. The molecule has 0 spiro atoms. The van der Waals surface area contributed by atoms with Crippen LogP contribution in [0.4, 0.5) is 54.8 Å². The molecule has 0 aliphatic carbocycles. The van der Waals surface area contributed by atoms with E-state index >= 15 is 0 Å². The molecular formula is C16H8Br2F6N4O6. The van der Waals surface area contributed by atoms with Crippen molar-refractivity contribution in [2.24, 2.45) is 0 Å². The molecule has 0 aliphatic heterocycles. The zero-order valence-corrected chi connectivity index (χ0v) is 19.4. The highest BCUT2D eigenvalue weighted by Gasteiger charge is 2.47. The number of nitro groups is 3. The highest BCUT2D eigenvalue weighted by Crippen LogP contribution is 2.53. The normalized spacial score (nSPS) is 11.9. The van der Waals surface area contributed by atoms with Gasteiger partial charge in [-0.2, -0.15) is 26.3 Å². The predicted octanol–water partition coefficient (Wildman–Crippen LogP) is 7.13. The van der Waals surface area contributed by atoms with Gasteiger partial charge in [-0.1, -0.05) is 0 Å². The summed E-state index contributed by atoms with van der Waals surface area (Å²) in [5.74, 6) is 0. The minimum atomic E-state index is -5.47. The average molecular weight is 626 g/mol. The molecule has 10 nitrogen and oxygen atoms in total. The number of hydrogen-bond donors (Lipinski definition) is 0. The van der Waals surface area contributed by atoms with Crippen LogP contribution in [0.3, 0.4) is 0 Å². The van der Waals surface area contributed by atoms with Crippen LogP contribution in [0.5, 0.6) is 0 Å². The summed E-state index contributed by atoms with van der Waals surface area (Å²) in [6.45, 7) is 0.330. The first-order valence-corrected chi connectivity index (χ1v) is 10.1. The van der Waals surface area contributed by atoms with Gasteiger partial charge in [-0.3, -0.25) is 30.3 Å².